The number of aromatic amines is 1. The number of hydrogen-bond acceptors (Lipinski definition) is 5. The number of H-pyrrole nitrogens is 1. The van der Waals surface area contributed by atoms with Gasteiger partial charge in [0, 0.05) is 36.7 Å². The lowest BCUT2D eigenvalue weighted by atomic mass is 10.1. The predicted octanol–water partition coefficient (Wildman–Crippen LogP) is 1.74. The molecule has 0 saturated carbocycles. The molecule has 1 aromatic heterocycles. The highest BCUT2D eigenvalue weighted by atomic mass is 32.1. The van der Waals surface area contributed by atoms with Crippen LogP contribution in [0.3, 0.4) is 0 Å². The number of anilines is 1. The molecule has 1 fully saturated rings. The zero-order chi connectivity index (χ0) is 14.1. The molecule has 3 rings (SSSR count). The van der Waals surface area contributed by atoms with Crippen molar-refractivity contribution in [2.24, 2.45) is 5.92 Å². The van der Waals surface area contributed by atoms with Crippen molar-refractivity contribution in [3.8, 4) is 11.5 Å². The van der Waals surface area contributed by atoms with E-state index in [9.17, 15) is 4.79 Å². The van der Waals surface area contributed by atoms with Gasteiger partial charge in [0.1, 0.15) is 0 Å². The highest BCUT2D eigenvalue weighted by Gasteiger charge is 2.29. The number of benzene rings is 1. The lowest BCUT2D eigenvalue weighted by Crippen LogP contribution is -2.24. The molecule has 7 heteroatoms. The Morgan fingerprint density at radius 3 is 2.75 bits per heavy atom. The molecule has 1 aromatic carbocycles. The van der Waals surface area contributed by atoms with Crippen molar-refractivity contribution in [2.45, 2.75) is 6.42 Å². The van der Waals surface area contributed by atoms with E-state index in [-0.39, 0.29) is 23.3 Å². The van der Waals surface area contributed by atoms with Crippen molar-refractivity contribution in [2.75, 3.05) is 18.1 Å². The fraction of sp³-hybridized carbons (Fsp3) is 0.308. The van der Waals surface area contributed by atoms with Gasteiger partial charge in [-0.05, 0) is 36.5 Å². The molecule has 2 aromatic rings. The van der Waals surface area contributed by atoms with Crippen LogP contribution in [0, 0.1) is 10.8 Å². The molecular weight excluding hydrogens is 278 g/mol. The minimum atomic E-state index is 0.0197. The number of aliphatic hydroxyl groups excluding tert-OH is 1. The predicted molar refractivity (Wildman–Crippen MR) is 74.7 cm³/mol. The third-order valence-corrected chi connectivity index (χ3v) is 3.50. The highest BCUT2D eigenvalue weighted by Crippen LogP contribution is 2.27. The van der Waals surface area contributed by atoms with Crippen LogP contribution in [0.15, 0.2) is 28.7 Å². The molecule has 1 atom stereocenters. The second kappa shape index (κ2) is 5.18. The number of rotatable bonds is 3. The van der Waals surface area contributed by atoms with Crippen LogP contribution >= 0.6 is 12.2 Å². The first-order valence-electron chi connectivity index (χ1n) is 6.24. The largest absolute Gasteiger partial charge is 0.409 e. The van der Waals surface area contributed by atoms with Crippen LogP contribution in [-0.2, 0) is 4.79 Å². The maximum atomic E-state index is 11.9. The van der Waals surface area contributed by atoms with E-state index in [4.69, 9.17) is 21.7 Å². The van der Waals surface area contributed by atoms with Crippen molar-refractivity contribution < 1.29 is 14.3 Å². The Hall–Kier alpha value is -1.99. The van der Waals surface area contributed by atoms with Gasteiger partial charge in [0.15, 0.2) is 0 Å². The summed E-state index contributed by atoms with van der Waals surface area (Å²) < 4.78 is 5.23. The summed E-state index contributed by atoms with van der Waals surface area (Å²) in [6, 6.07) is 7.31. The quantitative estimate of drug-likeness (QED) is 0.842. The van der Waals surface area contributed by atoms with E-state index in [0.717, 1.165) is 11.3 Å². The summed E-state index contributed by atoms with van der Waals surface area (Å²) in [5.74, 6) is 0.475. The number of hydrogen-bond donors (Lipinski definition) is 2. The molecule has 1 aliphatic heterocycles. The molecule has 1 saturated heterocycles. The molecule has 104 valence electrons. The van der Waals surface area contributed by atoms with E-state index < -0.39 is 0 Å². The smallest absolute Gasteiger partial charge is 0.284 e. The average Bonchev–Trinajstić information content (AvgIpc) is 3.05. The first-order chi connectivity index (χ1) is 9.67. The van der Waals surface area contributed by atoms with Crippen molar-refractivity contribution in [1.29, 1.82) is 0 Å². The molecule has 0 spiro atoms. The standard InChI is InChI=1S/C13H13N3O3S/c17-7-8-5-11(18)16(6-8)10-3-1-9(2-4-10)12-14-15-13(20)19-12/h1-4,8,17H,5-7H2,(H,15,20). The van der Waals surface area contributed by atoms with Crippen LogP contribution in [0.25, 0.3) is 11.5 Å². The Balaban J connectivity index is 1.83. The molecular formula is C13H13N3O3S. The third-order valence-electron chi connectivity index (χ3n) is 3.33. The lowest BCUT2D eigenvalue weighted by molar-refractivity contribution is -0.117. The van der Waals surface area contributed by atoms with Gasteiger partial charge in [0.05, 0.1) is 0 Å². The van der Waals surface area contributed by atoms with E-state index in [1.807, 2.05) is 24.3 Å². The molecule has 0 radical (unpaired) electrons. The zero-order valence-corrected chi connectivity index (χ0v) is 11.4. The number of nitrogens with zero attached hydrogens (tertiary/aromatic N) is 2. The van der Waals surface area contributed by atoms with Crippen LogP contribution in [0.2, 0.25) is 0 Å². The Bertz CT molecular complexity index is 677. The van der Waals surface area contributed by atoms with Gasteiger partial charge in [-0.15, -0.1) is 5.10 Å². The van der Waals surface area contributed by atoms with Crippen LogP contribution in [0.4, 0.5) is 5.69 Å². The normalized spacial score (nSPS) is 18.8. The maximum Gasteiger partial charge on any atom is 0.284 e. The van der Waals surface area contributed by atoms with Gasteiger partial charge in [-0.3, -0.25) is 4.79 Å². The Morgan fingerprint density at radius 1 is 1.45 bits per heavy atom. The van der Waals surface area contributed by atoms with Gasteiger partial charge in [-0.1, -0.05) is 0 Å². The summed E-state index contributed by atoms with van der Waals surface area (Å²) in [5.41, 5.74) is 1.59. The topological polar surface area (TPSA) is 82.4 Å². The fourth-order valence-corrected chi connectivity index (χ4v) is 2.42. The second-order valence-electron chi connectivity index (χ2n) is 4.72. The van der Waals surface area contributed by atoms with Gasteiger partial charge in [-0.25, -0.2) is 5.10 Å². The number of nitrogens with one attached hydrogen (secondary N) is 1. The summed E-state index contributed by atoms with van der Waals surface area (Å²) in [4.78, 5) is 13.8. The minimum Gasteiger partial charge on any atom is -0.409 e. The number of carbonyl (C=O) groups excluding carboxylic acids is 1. The van der Waals surface area contributed by atoms with Gasteiger partial charge < -0.3 is 14.4 Å². The number of amides is 1. The van der Waals surface area contributed by atoms with Crippen molar-refractivity contribution in [1.82, 2.24) is 10.2 Å². The van der Waals surface area contributed by atoms with Crippen LogP contribution in [0.5, 0.6) is 0 Å². The van der Waals surface area contributed by atoms with Crippen LogP contribution in [0.1, 0.15) is 6.42 Å². The van der Waals surface area contributed by atoms with Gasteiger partial charge in [0.2, 0.25) is 11.8 Å². The summed E-state index contributed by atoms with van der Waals surface area (Å²) in [6.07, 6.45) is 0.395. The van der Waals surface area contributed by atoms with Gasteiger partial charge in [-0.2, -0.15) is 0 Å². The monoisotopic (exact) mass is 291 g/mol. The van der Waals surface area contributed by atoms with Crippen molar-refractivity contribution in [3.05, 3.63) is 29.1 Å². The van der Waals surface area contributed by atoms with Gasteiger partial charge >= 0.3 is 0 Å². The van der Waals surface area contributed by atoms with Crippen molar-refractivity contribution >= 4 is 23.8 Å². The molecule has 1 aliphatic rings. The third kappa shape index (κ3) is 2.37. The number of aromatic nitrogens is 2. The second-order valence-corrected chi connectivity index (χ2v) is 5.09. The maximum absolute atomic E-state index is 11.9. The molecule has 1 amide bonds. The number of aliphatic hydroxyl groups is 1. The summed E-state index contributed by atoms with van der Waals surface area (Å²) in [7, 11) is 0. The number of carbonyl (C=O) groups is 1. The SMILES string of the molecule is O=C1CC(CO)CN1c1ccc(-c2n[nH]c(=S)o2)cc1. The fourth-order valence-electron chi connectivity index (χ4n) is 2.29. The van der Waals surface area contributed by atoms with Gasteiger partial charge in [0.25, 0.3) is 4.84 Å². The van der Waals surface area contributed by atoms with E-state index in [0.29, 0.717) is 18.9 Å². The molecule has 0 bridgehead atoms. The highest BCUT2D eigenvalue weighted by molar-refractivity contribution is 7.71. The summed E-state index contributed by atoms with van der Waals surface area (Å²) in [6.45, 7) is 0.589. The van der Waals surface area contributed by atoms with Crippen LogP contribution < -0.4 is 4.90 Å². The molecule has 6 nitrogen and oxygen atoms in total. The average molecular weight is 291 g/mol. The summed E-state index contributed by atoms with van der Waals surface area (Å²) >= 11 is 4.83. The lowest BCUT2D eigenvalue weighted by Gasteiger charge is -2.16. The Kier molecular flexibility index (Phi) is 3.37. The minimum absolute atomic E-state index is 0.0197. The summed E-state index contributed by atoms with van der Waals surface area (Å²) in [5, 5.41) is 15.6. The van der Waals surface area contributed by atoms with E-state index in [1.54, 1.807) is 4.90 Å². The molecule has 0 aliphatic carbocycles. The van der Waals surface area contributed by atoms with E-state index in [2.05, 4.69) is 10.2 Å². The Morgan fingerprint density at radius 2 is 2.20 bits per heavy atom. The van der Waals surface area contributed by atoms with Crippen molar-refractivity contribution in [3.63, 3.8) is 0 Å². The Labute approximate surface area is 120 Å². The van der Waals surface area contributed by atoms with E-state index >= 15 is 0 Å². The zero-order valence-electron chi connectivity index (χ0n) is 10.6. The molecule has 2 heterocycles. The molecule has 2 N–H and O–H groups in total. The molecule has 1 unspecified atom stereocenters. The van der Waals surface area contributed by atoms with Crippen LogP contribution in [-0.4, -0.2) is 34.4 Å². The molecule has 20 heavy (non-hydrogen) atoms. The van der Waals surface area contributed by atoms with E-state index in [1.165, 1.54) is 0 Å². The first kappa shape index (κ1) is 13.0. The first-order valence-corrected chi connectivity index (χ1v) is 6.65.